The summed E-state index contributed by atoms with van der Waals surface area (Å²) in [5, 5.41) is 12.4. The Morgan fingerprint density at radius 2 is 1.83 bits per heavy atom. The van der Waals surface area contributed by atoms with Gasteiger partial charge in [0.05, 0.1) is 0 Å². The van der Waals surface area contributed by atoms with Crippen LogP contribution in [0.15, 0.2) is 48.5 Å². The third kappa shape index (κ3) is 4.31. The molecule has 0 bridgehead atoms. The van der Waals surface area contributed by atoms with Crippen molar-refractivity contribution in [1.82, 2.24) is 10.2 Å². The molecule has 0 aliphatic heterocycles. The van der Waals surface area contributed by atoms with Crippen molar-refractivity contribution in [2.75, 3.05) is 5.32 Å². The van der Waals surface area contributed by atoms with E-state index in [-0.39, 0.29) is 5.91 Å². The Hall–Kier alpha value is -2.44. The second-order valence-electron chi connectivity index (χ2n) is 5.06. The van der Waals surface area contributed by atoms with Gasteiger partial charge in [0.25, 0.3) is 5.91 Å². The van der Waals surface area contributed by atoms with Gasteiger partial charge in [-0.1, -0.05) is 40.6 Å². The van der Waals surface area contributed by atoms with E-state index in [9.17, 15) is 4.79 Å². The third-order valence-corrected chi connectivity index (χ3v) is 4.24. The molecule has 0 saturated carbocycles. The van der Waals surface area contributed by atoms with Crippen molar-refractivity contribution in [2.24, 2.45) is 0 Å². The number of nitrogens with zero attached hydrogens (tertiary/aromatic N) is 2. The number of aryl methyl sites for hydroxylation is 1. The SMILES string of the molecule is Cc1ccc(OCc2nnc(NC(=O)c3ccc(Cl)cc3)s2)cc1. The lowest BCUT2D eigenvalue weighted by atomic mass is 10.2. The molecule has 122 valence electrons. The van der Waals surface area contributed by atoms with E-state index in [0.717, 1.165) is 5.75 Å². The van der Waals surface area contributed by atoms with Crippen LogP contribution in [-0.2, 0) is 6.61 Å². The molecule has 1 heterocycles. The summed E-state index contributed by atoms with van der Waals surface area (Å²) >= 11 is 7.08. The summed E-state index contributed by atoms with van der Waals surface area (Å²) in [6.45, 7) is 2.32. The zero-order valence-corrected chi connectivity index (χ0v) is 14.4. The molecule has 0 aliphatic carbocycles. The highest BCUT2D eigenvalue weighted by Gasteiger charge is 2.10. The maximum Gasteiger partial charge on any atom is 0.257 e. The summed E-state index contributed by atoms with van der Waals surface area (Å²) in [7, 11) is 0. The maximum atomic E-state index is 12.1. The average Bonchev–Trinajstić information content (AvgIpc) is 3.02. The van der Waals surface area contributed by atoms with Gasteiger partial charge in [0.2, 0.25) is 5.13 Å². The van der Waals surface area contributed by atoms with E-state index >= 15 is 0 Å². The molecule has 0 fully saturated rings. The number of carbonyl (C=O) groups is 1. The summed E-state index contributed by atoms with van der Waals surface area (Å²) in [5.41, 5.74) is 1.68. The van der Waals surface area contributed by atoms with Crippen molar-refractivity contribution >= 4 is 34.0 Å². The van der Waals surface area contributed by atoms with Gasteiger partial charge in [0.1, 0.15) is 12.4 Å². The van der Waals surface area contributed by atoms with Gasteiger partial charge in [-0.05, 0) is 43.3 Å². The lowest BCUT2D eigenvalue weighted by Gasteiger charge is -2.03. The topological polar surface area (TPSA) is 64.1 Å². The molecule has 2 aromatic carbocycles. The first kappa shape index (κ1) is 16.4. The van der Waals surface area contributed by atoms with E-state index in [1.807, 2.05) is 31.2 Å². The monoisotopic (exact) mass is 359 g/mol. The minimum Gasteiger partial charge on any atom is -0.486 e. The van der Waals surface area contributed by atoms with Gasteiger partial charge >= 0.3 is 0 Å². The predicted octanol–water partition coefficient (Wildman–Crippen LogP) is 4.33. The molecule has 1 N–H and O–H groups in total. The number of nitrogens with one attached hydrogen (secondary N) is 1. The van der Waals surface area contributed by atoms with Crippen LogP contribution in [0.2, 0.25) is 5.02 Å². The van der Waals surface area contributed by atoms with E-state index in [1.165, 1.54) is 16.9 Å². The van der Waals surface area contributed by atoms with E-state index in [1.54, 1.807) is 24.3 Å². The molecule has 1 aromatic heterocycles. The minimum atomic E-state index is -0.256. The summed E-state index contributed by atoms with van der Waals surface area (Å²) < 4.78 is 5.64. The fourth-order valence-electron chi connectivity index (χ4n) is 1.91. The van der Waals surface area contributed by atoms with Crippen molar-refractivity contribution in [3.63, 3.8) is 0 Å². The van der Waals surface area contributed by atoms with E-state index < -0.39 is 0 Å². The Labute approximate surface area is 148 Å². The highest BCUT2D eigenvalue weighted by atomic mass is 35.5. The van der Waals surface area contributed by atoms with Crippen LogP contribution in [-0.4, -0.2) is 16.1 Å². The number of aromatic nitrogens is 2. The van der Waals surface area contributed by atoms with Crippen LogP contribution < -0.4 is 10.1 Å². The van der Waals surface area contributed by atoms with Crippen LogP contribution in [0.25, 0.3) is 0 Å². The van der Waals surface area contributed by atoms with Gasteiger partial charge in [0, 0.05) is 10.6 Å². The van der Waals surface area contributed by atoms with Crippen LogP contribution in [0, 0.1) is 6.92 Å². The lowest BCUT2D eigenvalue weighted by molar-refractivity contribution is 0.102. The van der Waals surface area contributed by atoms with E-state index in [0.29, 0.717) is 27.3 Å². The molecule has 3 rings (SSSR count). The molecule has 3 aromatic rings. The Balaban J connectivity index is 1.58. The highest BCUT2D eigenvalue weighted by molar-refractivity contribution is 7.15. The van der Waals surface area contributed by atoms with Crippen LogP contribution in [0.3, 0.4) is 0 Å². The van der Waals surface area contributed by atoms with Gasteiger partial charge in [-0.3, -0.25) is 10.1 Å². The Bertz CT molecular complexity index is 832. The van der Waals surface area contributed by atoms with Crippen molar-refractivity contribution in [3.05, 3.63) is 69.7 Å². The van der Waals surface area contributed by atoms with Crippen LogP contribution in [0.1, 0.15) is 20.9 Å². The zero-order chi connectivity index (χ0) is 16.9. The number of hydrogen-bond acceptors (Lipinski definition) is 5. The number of anilines is 1. The first-order valence-corrected chi connectivity index (χ1v) is 8.38. The number of halogens is 1. The molecule has 0 saturated heterocycles. The van der Waals surface area contributed by atoms with E-state index in [2.05, 4.69) is 15.5 Å². The molecule has 7 heteroatoms. The molecule has 1 amide bonds. The molecule has 0 unspecified atom stereocenters. The average molecular weight is 360 g/mol. The zero-order valence-electron chi connectivity index (χ0n) is 12.8. The number of hydrogen-bond donors (Lipinski definition) is 1. The summed E-state index contributed by atoms with van der Waals surface area (Å²) in [6.07, 6.45) is 0. The standard InChI is InChI=1S/C17H14ClN3O2S/c1-11-2-8-14(9-3-11)23-10-15-20-21-17(24-15)19-16(22)12-4-6-13(18)7-5-12/h2-9H,10H2,1H3,(H,19,21,22). The first-order chi connectivity index (χ1) is 11.6. The van der Waals surface area contributed by atoms with Crippen LogP contribution in [0.5, 0.6) is 5.75 Å². The summed E-state index contributed by atoms with van der Waals surface area (Å²) in [4.78, 5) is 12.1. The Morgan fingerprint density at radius 3 is 2.54 bits per heavy atom. The Kier molecular flexibility index (Phi) is 5.08. The third-order valence-electron chi connectivity index (χ3n) is 3.18. The second-order valence-corrected chi connectivity index (χ2v) is 6.56. The van der Waals surface area contributed by atoms with E-state index in [4.69, 9.17) is 16.3 Å². The van der Waals surface area contributed by atoms with Gasteiger partial charge in [-0.15, -0.1) is 10.2 Å². The Morgan fingerprint density at radius 1 is 1.12 bits per heavy atom. The van der Waals surface area contributed by atoms with Gasteiger partial charge in [-0.25, -0.2) is 0 Å². The van der Waals surface area contributed by atoms with Crippen LogP contribution in [0.4, 0.5) is 5.13 Å². The van der Waals surface area contributed by atoms with Crippen molar-refractivity contribution in [2.45, 2.75) is 13.5 Å². The number of ether oxygens (including phenoxy) is 1. The van der Waals surface area contributed by atoms with Crippen molar-refractivity contribution < 1.29 is 9.53 Å². The van der Waals surface area contributed by atoms with Gasteiger partial charge < -0.3 is 4.74 Å². The first-order valence-electron chi connectivity index (χ1n) is 7.19. The number of carbonyl (C=O) groups excluding carboxylic acids is 1. The predicted molar refractivity (Wildman–Crippen MR) is 94.8 cm³/mol. The smallest absolute Gasteiger partial charge is 0.257 e. The van der Waals surface area contributed by atoms with Crippen molar-refractivity contribution in [1.29, 1.82) is 0 Å². The van der Waals surface area contributed by atoms with Gasteiger partial charge in [0.15, 0.2) is 5.01 Å². The normalized spacial score (nSPS) is 10.4. The number of rotatable bonds is 5. The second kappa shape index (κ2) is 7.42. The lowest BCUT2D eigenvalue weighted by Crippen LogP contribution is -2.11. The fraction of sp³-hybridized carbons (Fsp3) is 0.118. The molecule has 0 atom stereocenters. The number of amides is 1. The maximum absolute atomic E-state index is 12.1. The van der Waals surface area contributed by atoms with Crippen LogP contribution >= 0.6 is 22.9 Å². The summed E-state index contributed by atoms with van der Waals surface area (Å²) in [6, 6.07) is 14.4. The molecular formula is C17H14ClN3O2S. The fourth-order valence-corrected chi connectivity index (χ4v) is 2.69. The highest BCUT2D eigenvalue weighted by Crippen LogP contribution is 2.19. The minimum absolute atomic E-state index is 0.256. The molecule has 5 nitrogen and oxygen atoms in total. The largest absolute Gasteiger partial charge is 0.486 e. The molecule has 0 aliphatic rings. The quantitative estimate of drug-likeness (QED) is 0.736. The molecular weight excluding hydrogens is 346 g/mol. The summed E-state index contributed by atoms with van der Waals surface area (Å²) in [5.74, 6) is 0.511. The number of benzene rings is 2. The molecule has 0 radical (unpaired) electrons. The molecule has 0 spiro atoms. The molecule has 24 heavy (non-hydrogen) atoms. The van der Waals surface area contributed by atoms with Crippen molar-refractivity contribution in [3.8, 4) is 5.75 Å². The van der Waals surface area contributed by atoms with Gasteiger partial charge in [-0.2, -0.15) is 0 Å².